The van der Waals surface area contributed by atoms with Gasteiger partial charge in [0.2, 0.25) is 0 Å². The van der Waals surface area contributed by atoms with Crippen LogP contribution in [0.5, 0.6) is 0 Å². The number of rotatable bonds is 70. The summed E-state index contributed by atoms with van der Waals surface area (Å²) >= 11 is 0. The predicted octanol–water partition coefficient (Wildman–Crippen LogP) is 20.9. The minimum absolute atomic E-state index is 0.101. The van der Waals surface area contributed by atoms with Crippen molar-refractivity contribution in [2.24, 2.45) is 23.7 Å². The minimum atomic E-state index is -4.95. The third-order valence-electron chi connectivity index (χ3n) is 17.5. The van der Waals surface area contributed by atoms with Gasteiger partial charge in [0, 0.05) is 25.7 Å². The molecular weight excluding hydrogens is 1210 g/mol. The summed E-state index contributed by atoms with van der Waals surface area (Å²) in [4.78, 5) is 72.5. The number of aliphatic hydroxyl groups is 1. The van der Waals surface area contributed by atoms with E-state index in [-0.39, 0.29) is 25.7 Å². The van der Waals surface area contributed by atoms with Gasteiger partial charge in [-0.05, 0) is 49.4 Å². The fourth-order valence-electron chi connectivity index (χ4n) is 11.0. The van der Waals surface area contributed by atoms with E-state index < -0.39 is 97.5 Å². The molecule has 17 nitrogen and oxygen atoms in total. The Morgan fingerprint density at radius 3 is 0.772 bits per heavy atom. The molecule has 0 amide bonds. The highest BCUT2D eigenvalue weighted by Crippen LogP contribution is 2.45. The first-order valence-electron chi connectivity index (χ1n) is 37.8. The number of phosphoric acid groups is 2. The van der Waals surface area contributed by atoms with E-state index in [1.807, 2.05) is 0 Å². The molecule has 0 spiro atoms. The van der Waals surface area contributed by atoms with Gasteiger partial charge in [0.05, 0.1) is 26.4 Å². The lowest BCUT2D eigenvalue weighted by atomic mass is 9.99. The summed E-state index contributed by atoms with van der Waals surface area (Å²) in [7, 11) is -9.90. The van der Waals surface area contributed by atoms with E-state index >= 15 is 0 Å². The summed E-state index contributed by atoms with van der Waals surface area (Å²) in [5.41, 5.74) is 0. The van der Waals surface area contributed by atoms with Gasteiger partial charge in [0.1, 0.15) is 19.3 Å². The van der Waals surface area contributed by atoms with E-state index in [1.165, 1.54) is 161 Å². The molecule has 0 aromatic heterocycles. The van der Waals surface area contributed by atoms with Gasteiger partial charge in [-0.25, -0.2) is 9.13 Å². The van der Waals surface area contributed by atoms with E-state index in [0.29, 0.717) is 31.6 Å². The number of phosphoric ester groups is 2. The molecule has 3 N–H and O–H groups in total. The molecule has 0 rings (SSSR count). The number of aliphatic hydroxyl groups excluding tert-OH is 1. The second-order valence-corrected chi connectivity index (χ2v) is 30.7. The molecule has 0 fully saturated rings. The number of carbonyl (C=O) groups is 4. The molecule has 92 heavy (non-hydrogen) atoms. The lowest BCUT2D eigenvalue weighted by Gasteiger charge is -2.21. The van der Waals surface area contributed by atoms with Crippen LogP contribution in [-0.4, -0.2) is 96.7 Å². The summed E-state index contributed by atoms with van der Waals surface area (Å²) in [6.45, 7) is 14.1. The van der Waals surface area contributed by atoms with Gasteiger partial charge in [-0.15, -0.1) is 0 Å². The Balaban J connectivity index is 5.12. The van der Waals surface area contributed by atoms with Gasteiger partial charge < -0.3 is 33.8 Å². The fraction of sp³-hybridized carbons (Fsp3) is 0.945. The van der Waals surface area contributed by atoms with Crippen molar-refractivity contribution < 1.29 is 80.2 Å². The molecule has 0 aromatic rings. The normalized spacial score (nSPS) is 14.8. The van der Waals surface area contributed by atoms with Crippen LogP contribution in [0.2, 0.25) is 0 Å². The Morgan fingerprint density at radius 2 is 0.522 bits per heavy atom. The average Bonchev–Trinajstić information content (AvgIpc) is 3.57. The van der Waals surface area contributed by atoms with Crippen molar-refractivity contribution in [1.82, 2.24) is 0 Å². The Bertz CT molecular complexity index is 1820. The maximum absolute atomic E-state index is 13.0. The number of ether oxygens (including phenoxy) is 4. The zero-order valence-electron chi connectivity index (χ0n) is 60.2. The maximum Gasteiger partial charge on any atom is 0.472 e. The van der Waals surface area contributed by atoms with Crippen LogP contribution < -0.4 is 0 Å². The molecule has 0 aliphatic heterocycles. The Labute approximate surface area is 562 Å². The van der Waals surface area contributed by atoms with E-state index in [9.17, 15) is 43.2 Å². The number of hydrogen-bond acceptors (Lipinski definition) is 15. The molecule has 546 valence electrons. The minimum Gasteiger partial charge on any atom is -0.462 e. The number of carbonyl (C=O) groups excluding carboxylic acids is 4. The van der Waals surface area contributed by atoms with E-state index in [4.69, 9.17) is 37.0 Å². The monoisotopic (exact) mass is 1350 g/mol. The zero-order valence-corrected chi connectivity index (χ0v) is 62.0. The SMILES string of the molecule is CCC(C)CCCCCCCCCCCCCCCCCCCCC(=O)OC[C@H](COP(=O)(O)OC[C@@H](O)COP(=O)(O)OC[C@@H](COC(=O)CCCCCCCCC(C)C)OC(=O)CCCCCCCCC(C)CC)OC(=O)CCCCCCCCCCC(C)C. The molecule has 19 heteroatoms. The van der Waals surface area contributed by atoms with Crippen LogP contribution in [0.1, 0.15) is 364 Å². The van der Waals surface area contributed by atoms with Gasteiger partial charge in [-0.3, -0.25) is 37.3 Å². The second-order valence-electron chi connectivity index (χ2n) is 27.8. The molecule has 0 aromatic carbocycles. The Kier molecular flexibility index (Phi) is 61.3. The summed E-state index contributed by atoms with van der Waals surface area (Å²) in [6, 6.07) is 0. The van der Waals surface area contributed by atoms with Gasteiger partial charge in [-0.2, -0.15) is 0 Å². The molecule has 4 unspecified atom stereocenters. The van der Waals surface area contributed by atoms with Crippen LogP contribution in [0, 0.1) is 23.7 Å². The van der Waals surface area contributed by atoms with Crippen LogP contribution in [0.15, 0.2) is 0 Å². The van der Waals surface area contributed by atoms with E-state index in [0.717, 1.165) is 114 Å². The number of esters is 4. The first-order chi connectivity index (χ1) is 44.2. The van der Waals surface area contributed by atoms with Crippen LogP contribution in [0.3, 0.4) is 0 Å². The van der Waals surface area contributed by atoms with Gasteiger partial charge in [-0.1, -0.05) is 312 Å². The third kappa shape index (κ3) is 64.1. The summed E-state index contributed by atoms with van der Waals surface area (Å²) in [5, 5.41) is 10.6. The zero-order chi connectivity index (χ0) is 68.2. The fourth-order valence-corrected chi connectivity index (χ4v) is 12.5. The van der Waals surface area contributed by atoms with Crippen molar-refractivity contribution in [3.05, 3.63) is 0 Å². The first kappa shape index (κ1) is 90.1. The molecule has 0 saturated heterocycles. The molecule has 7 atom stereocenters. The second kappa shape index (κ2) is 62.6. The van der Waals surface area contributed by atoms with Crippen molar-refractivity contribution in [3.8, 4) is 0 Å². The molecule has 0 bridgehead atoms. The van der Waals surface area contributed by atoms with Crippen LogP contribution in [0.25, 0.3) is 0 Å². The van der Waals surface area contributed by atoms with Crippen LogP contribution in [-0.2, 0) is 65.4 Å². The Hall–Kier alpha value is -1.94. The first-order valence-corrected chi connectivity index (χ1v) is 40.8. The van der Waals surface area contributed by atoms with Crippen molar-refractivity contribution in [1.29, 1.82) is 0 Å². The van der Waals surface area contributed by atoms with E-state index in [1.54, 1.807) is 0 Å². The van der Waals surface area contributed by atoms with Crippen molar-refractivity contribution in [2.75, 3.05) is 39.6 Å². The lowest BCUT2D eigenvalue weighted by molar-refractivity contribution is -0.161. The third-order valence-corrected chi connectivity index (χ3v) is 19.4. The highest BCUT2D eigenvalue weighted by Gasteiger charge is 2.30. The molecule has 0 aliphatic carbocycles. The average molecular weight is 1350 g/mol. The van der Waals surface area contributed by atoms with E-state index in [2.05, 4.69) is 55.4 Å². The topological polar surface area (TPSA) is 237 Å². The molecular formula is C73H142O17P2. The van der Waals surface area contributed by atoms with Gasteiger partial charge in [0.25, 0.3) is 0 Å². The number of unbranched alkanes of at least 4 members (excludes halogenated alkanes) is 34. The summed E-state index contributed by atoms with van der Waals surface area (Å²) in [6.07, 6.45) is 46.3. The summed E-state index contributed by atoms with van der Waals surface area (Å²) < 4.78 is 68.3. The predicted molar refractivity (Wildman–Crippen MR) is 372 cm³/mol. The molecule has 0 aliphatic rings. The quantitative estimate of drug-likeness (QED) is 0.0222. The number of hydrogen-bond donors (Lipinski definition) is 3. The Morgan fingerprint density at radius 1 is 0.304 bits per heavy atom. The van der Waals surface area contributed by atoms with Crippen LogP contribution >= 0.6 is 15.6 Å². The molecule has 0 heterocycles. The van der Waals surface area contributed by atoms with Crippen molar-refractivity contribution >= 4 is 39.5 Å². The highest BCUT2D eigenvalue weighted by atomic mass is 31.2. The van der Waals surface area contributed by atoms with Crippen molar-refractivity contribution in [3.63, 3.8) is 0 Å². The summed E-state index contributed by atoms with van der Waals surface area (Å²) in [5.74, 6) is 0.858. The smallest absolute Gasteiger partial charge is 0.462 e. The largest absolute Gasteiger partial charge is 0.472 e. The van der Waals surface area contributed by atoms with Gasteiger partial charge in [0.15, 0.2) is 12.2 Å². The molecule has 0 saturated carbocycles. The standard InChI is InChI=1S/C73H142O17P2/c1-9-65(7)51-43-35-26-21-19-17-15-13-11-12-14-16-18-20-22-27-37-45-53-70(75)83-59-68(89-72(77)55-47-39-28-24-23-25-33-41-49-63(3)4)61-87-91(79,80)85-57-67(74)58-86-92(81,82)88-62-69(60-84-71(76)54-46-38-31-29-34-42-50-64(5)6)90-73(78)56-48-40-32-30-36-44-52-66(8)10-2/h63-69,74H,9-62H2,1-8H3,(H,79,80)(H,81,82)/t65?,66?,67-,68-,69-/m1/s1. The maximum atomic E-state index is 13.0. The van der Waals surface area contributed by atoms with Crippen LogP contribution in [0.4, 0.5) is 0 Å². The highest BCUT2D eigenvalue weighted by molar-refractivity contribution is 7.47. The van der Waals surface area contributed by atoms with Gasteiger partial charge >= 0.3 is 39.5 Å². The molecule has 0 radical (unpaired) electrons. The lowest BCUT2D eigenvalue weighted by Crippen LogP contribution is -2.30. The van der Waals surface area contributed by atoms with Crippen molar-refractivity contribution in [2.45, 2.75) is 382 Å².